The summed E-state index contributed by atoms with van der Waals surface area (Å²) in [5.41, 5.74) is 3.00. The lowest BCUT2D eigenvalue weighted by molar-refractivity contribution is -0.122. The van der Waals surface area contributed by atoms with E-state index in [9.17, 15) is 4.79 Å². The molecule has 1 aliphatic rings. The molecule has 1 aromatic rings. The molecule has 6 nitrogen and oxygen atoms in total. The molecular weight excluding hydrogens is 256 g/mol. The summed E-state index contributed by atoms with van der Waals surface area (Å²) in [7, 11) is 1.86. The fourth-order valence-electron chi connectivity index (χ4n) is 2.19. The Morgan fingerprint density at radius 3 is 2.95 bits per heavy atom. The van der Waals surface area contributed by atoms with Crippen molar-refractivity contribution in [1.82, 2.24) is 20.4 Å². The molecule has 110 valence electrons. The van der Waals surface area contributed by atoms with E-state index in [4.69, 9.17) is 4.74 Å². The van der Waals surface area contributed by atoms with Crippen LogP contribution in [-0.4, -0.2) is 41.9 Å². The van der Waals surface area contributed by atoms with Gasteiger partial charge < -0.3 is 15.4 Å². The molecule has 0 bridgehead atoms. The van der Waals surface area contributed by atoms with E-state index in [0.717, 1.165) is 30.9 Å². The first-order valence-corrected chi connectivity index (χ1v) is 6.86. The van der Waals surface area contributed by atoms with Crippen LogP contribution in [0.3, 0.4) is 0 Å². The topological polar surface area (TPSA) is 68.2 Å². The summed E-state index contributed by atoms with van der Waals surface area (Å²) in [5.74, 6) is 0.593. The van der Waals surface area contributed by atoms with Crippen LogP contribution in [-0.2, 0) is 11.8 Å². The third-order valence-electron chi connectivity index (χ3n) is 3.46. The van der Waals surface area contributed by atoms with Crippen LogP contribution in [0.2, 0.25) is 0 Å². The van der Waals surface area contributed by atoms with Crippen LogP contribution < -0.4 is 15.4 Å². The highest BCUT2D eigenvalue weighted by Gasteiger charge is 2.12. The first-order chi connectivity index (χ1) is 9.58. The van der Waals surface area contributed by atoms with E-state index in [1.807, 2.05) is 20.9 Å². The van der Waals surface area contributed by atoms with Crippen molar-refractivity contribution in [3.63, 3.8) is 0 Å². The molecule has 1 aromatic heterocycles. The number of nitrogens with zero attached hydrogens (tertiary/aromatic N) is 2. The van der Waals surface area contributed by atoms with Gasteiger partial charge in [0.05, 0.1) is 5.69 Å². The van der Waals surface area contributed by atoms with Gasteiger partial charge in [-0.3, -0.25) is 9.48 Å². The maximum absolute atomic E-state index is 11.8. The van der Waals surface area contributed by atoms with Gasteiger partial charge in [0.2, 0.25) is 0 Å². The van der Waals surface area contributed by atoms with Gasteiger partial charge in [0.1, 0.15) is 5.69 Å². The highest BCUT2D eigenvalue weighted by Crippen LogP contribution is 2.20. The van der Waals surface area contributed by atoms with Gasteiger partial charge in [-0.15, -0.1) is 0 Å². The monoisotopic (exact) mass is 278 g/mol. The maximum Gasteiger partial charge on any atom is 0.258 e. The summed E-state index contributed by atoms with van der Waals surface area (Å²) in [6.07, 6.45) is 3.11. The first-order valence-electron chi connectivity index (χ1n) is 6.86. The van der Waals surface area contributed by atoms with Crippen LogP contribution in [0.25, 0.3) is 0 Å². The number of hydrogen-bond acceptors (Lipinski definition) is 4. The normalized spacial score (nSPS) is 14.8. The minimum absolute atomic E-state index is 0.0267. The quantitative estimate of drug-likeness (QED) is 0.768. The summed E-state index contributed by atoms with van der Waals surface area (Å²) in [6, 6.07) is 0. The van der Waals surface area contributed by atoms with Crippen molar-refractivity contribution in [3.8, 4) is 5.75 Å². The van der Waals surface area contributed by atoms with Gasteiger partial charge >= 0.3 is 0 Å². The SMILES string of the molecule is Cc1nn(C)c(C)c1OCC(=O)NCC1=CCNCC1. The second kappa shape index (κ2) is 6.56. The molecule has 1 aliphatic heterocycles. The Labute approximate surface area is 119 Å². The lowest BCUT2D eigenvalue weighted by Crippen LogP contribution is -2.32. The van der Waals surface area contributed by atoms with E-state index >= 15 is 0 Å². The molecule has 2 heterocycles. The van der Waals surface area contributed by atoms with Crippen LogP contribution in [0.5, 0.6) is 5.75 Å². The fourth-order valence-corrected chi connectivity index (χ4v) is 2.19. The standard InChI is InChI=1S/C14H22N4O2/c1-10-14(11(2)18(3)17-10)20-9-13(19)16-8-12-4-6-15-7-5-12/h4,15H,5-9H2,1-3H3,(H,16,19). The third kappa shape index (κ3) is 3.60. The average molecular weight is 278 g/mol. The predicted molar refractivity (Wildman–Crippen MR) is 76.8 cm³/mol. The van der Waals surface area contributed by atoms with E-state index in [0.29, 0.717) is 12.3 Å². The zero-order chi connectivity index (χ0) is 14.5. The molecule has 20 heavy (non-hydrogen) atoms. The van der Waals surface area contributed by atoms with Gasteiger partial charge in [-0.05, 0) is 26.8 Å². The zero-order valence-corrected chi connectivity index (χ0v) is 12.3. The van der Waals surface area contributed by atoms with Gasteiger partial charge in [-0.2, -0.15) is 5.10 Å². The molecule has 6 heteroatoms. The van der Waals surface area contributed by atoms with Crippen LogP contribution in [0.1, 0.15) is 17.8 Å². The van der Waals surface area contributed by atoms with Crippen molar-refractivity contribution in [2.75, 3.05) is 26.2 Å². The van der Waals surface area contributed by atoms with Crippen molar-refractivity contribution in [3.05, 3.63) is 23.0 Å². The summed E-state index contributed by atoms with van der Waals surface area (Å²) >= 11 is 0. The van der Waals surface area contributed by atoms with E-state index in [1.165, 1.54) is 5.57 Å². The number of carbonyl (C=O) groups is 1. The lowest BCUT2D eigenvalue weighted by Gasteiger charge is -2.14. The van der Waals surface area contributed by atoms with Crippen molar-refractivity contribution >= 4 is 5.91 Å². The molecule has 0 atom stereocenters. The van der Waals surface area contributed by atoms with Gasteiger partial charge in [0.25, 0.3) is 5.91 Å². The molecule has 0 spiro atoms. The van der Waals surface area contributed by atoms with Crippen LogP contribution in [0.15, 0.2) is 11.6 Å². The number of hydrogen-bond donors (Lipinski definition) is 2. The summed E-state index contributed by atoms with van der Waals surface area (Å²) in [4.78, 5) is 11.8. The Kier molecular flexibility index (Phi) is 4.79. The molecule has 1 amide bonds. The van der Waals surface area contributed by atoms with Gasteiger partial charge in [-0.1, -0.05) is 11.6 Å². The molecule has 2 rings (SSSR count). The Hall–Kier alpha value is -1.82. The smallest absolute Gasteiger partial charge is 0.258 e. The van der Waals surface area contributed by atoms with Crippen LogP contribution in [0.4, 0.5) is 0 Å². The van der Waals surface area contributed by atoms with Crippen LogP contribution in [0, 0.1) is 13.8 Å². The van der Waals surface area contributed by atoms with E-state index < -0.39 is 0 Å². The number of carbonyl (C=O) groups excluding carboxylic acids is 1. The first kappa shape index (κ1) is 14.6. The van der Waals surface area contributed by atoms with E-state index in [1.54, 1.807) is 4.68 Å². The summed E-state index contributed by atoms with van der Waals surface area (Å²) < 4.78 is 7.32. The number of ether oxygens (including phenoxy) is 1. The molecule has 0 saturated heterocycles. The molecule has 0 unspecified atom stereocenters. The Morgan fingerprint density at radius 1 is 1.55 bits per heavy atom. The molecule has 2 N–H and O–H groups in total. The molecule has 0 saturated carbocycles. The Morgan fingerprint density at radius 2 is 2.35 bits per heavy atom. The third-order valence-corrected chi connectivity index (χ3v) is 3.46. The number of amides is 1. The number of rotatable bonds is 5. The summed E-state index contributed by atoms with van der Waals surface area (Å²) in [5, 5.41) is 10.4. The predicted octanol–water partition coefficient (Wildman–Crippen LogP) is 0.452. The molecular formula is C14H22N4O2. The second-order valence-electron chi connectivity index (χ2n) is 5.01. The lowest BCUT2D eigenvalue weighted by atomic mass is 10.1. The Bertz CT molecular complexity index is 519. The minimum Gasteiger partial charge on any atom is -0.480 e. The fraction of sp³-hybridized carbons (Fsp3) is 0.571. The largest absolute Gasteiger partial charge is 0.480 e. The van der Waals surface area contributed by atoms with E-state index in [-0.39, 0.29) is 12.5 Å². The molecule has 0 radical (unpaired) electrons. The van der Waals surface area contributed by atoms with Gasteiger partial charge in [-0.25, -0.2) is 0 Å². The highest BCUT2D eigenvalue weighted by molar-refractivity contribution is 5.77. The Balaban J connectivity index is 1.79. The van der Waals surface area contributed by atoms with Gasteiger partial charge in [0, 0.05) is 20.1 Å². The highest BCUT2D eigenvalue weighted by atomic mass is 16.5. The minimum atomic E-state index is -0.105. The van der Waals surface area contributed by atoms with Crippen molar-refractivity contribution in [1.29, 1.82) is 0 Å². The zero-order valence-electron chi connectivity index (χ0n) is 12.3. The molecule has 0 fully saturated rings. The van der Waals surface area contributed by atoms with Crippen molar-refractivity contribution in [2.45, 2.75) is 20.3 Å². The number of aromatic nitrogens is 2. The average Bonchev–Trinajstić information content (AvgIpc) is 2.69. The number of nitrogens with one attached hydrogen (secondary N) is 2. The molecule has 0 aromatic carbocycles. The maximum atomic E-state index is 11.8. The molecule has 0 aliphatic carbocycles. The van der Waals surface area contributed by atoms with Crippen molar-refractivity contribution < 1.29 is 9.53 Å². The van der Waals surface area contributed by atoms with Crippen molar-refractivity contribution in [2.24, 2.45) is 7.05 Å². The second-order valence-corrected chi connectivity index (χ2v) is 5.01. The van der Waals surface area contributed by atoms with Crippen LogP contribution >= 0.6 is 0 Å². The van der Waals surface area contributed by atoms with E-state index in [2.05, 4.69) is 21.8 Å². The van der Waals surface area contributed by atoms with Gasteiger partial charge in [0.15, 0.2) is 12.4 Å². The number of aryl methyl sites for hydroxylation is 2. The summed E-state index contributed by atoms with van der Waals surface area (Å²) in [6.45, 7) is 6.29.